The summed E-state index contributed by atoms with van der Waals surface area (Å²) in [4.78, 5) is 23.6. The van der Waals surface area contributed by atoms with Gasteiger partial charge in [0.15, 0.2) is 5.82 Å². The van der Waals surface area contributed by atoms with E-state index in [1.165, 1.54) is 12.1 Å². The van der Waals surface area contributed by atoms with Crippen molar-refractivity contribution in [2.45, 2.75) is 0 Å². The third-order valence-electron chi connectivity index (χ3n) is 4.19. The Morgan fingerprint density at radius 1 is 0.963 bits per heavy atom. The summed E-state index contributed by atoms with van der Waals surface area (Å²) in [7, 11) is 1.56. The molecule has 0 N–H and O–H groups in total. The molecule has 7 nitrogen and oxygen atoms in total. The summed E-state index contributed by atoms with van der Waals surface area (Å²) in [6.45, 7) is 0. The van der Waals surface area contributed by atoms with Gasteiger partial charge < -0.3 is 4.74 Å². The van der Waals surface area contributed by atoms with Gasteiger partial charge in [0, 0.05) is 30.1 Å². The SMILES string of the molecule is COc1nc(-c2cccnc2)nc2ccc(-c3ccc([N+](=O)[O-])cc3)cc12. The molecule has 0 aliphatic rings. The van der Waals surface area contributed by atoms with E-state index in [4.69, 9.17) is 4.74 Å². The molecule has 27 heavy (non-hydrogen) atoms. The smallest absolute Gasteiger partial charge is 0.269 e. The van der Waals surface area contributed by atoms with Gasteiger partial charge in [-0.1, -0.05) is 6.07 Å². The predicted octanol–water partition coefficient (Wildman–Crippen LogP) is 4.28. The molecule has 0 amide bonds. The van der Waals surface area contributed by atoms with Gasteiger partial charge in [-0.05, 0) is 47.5 Å². The quantitative estimate of drug-likeness (QED) is 0.399. The third-order valence-corrected chi connectivity index (χ3v) is 4.19. The minimum absolute atomic E-state index is 0.0570. The van der Waals surface area contributed by atoms with Crippen LogP contribution in [0.1, 0.15) is 0 Å². The Labute approximate surface area is 154 Å². The van der Waals surface area contributed by atoms with Crippen LogP contribution in [0.3, 0.4) is 0 Å². The van der Waals surface area contributed by atoms with Crippen LogP contribution in [-0.2, 0) is 0 Å². The number of benzene rings is 2. The van der Waals surface area contributed by atoms with Crippen LogP contribution in [0.4, 0.5) is 5.69 Å². The van der Waals surface area contributed by atoms with E-state index in [0.717, 1.165) is 27.6 Å². The molecule has 4 aromatic rings. The second-order valence-electron chi connectivity index (χ2n) is 5.83. The maximum atomic E-state index is 10.8. The molecule has 0 atom stereocenters. The highest BCUT2D eigenvalue weighted by Crippen LogP contribution is 2.31. The van der Waals surface area contributed by atoms with E-state index in [2.05, 4.69) is 15.0 Å². The second-order valence-corrected chi connectivity index (χ2v) is 5.83. The highest BCUT2D eigenvalue weighted by atomic mass is 16.6. The number of hydrogen-bond acceptors (Lipinski definition) is 6. The van der Waals surface area contributed by atoms with Gasteiger partial charge in [-0.15, -0.1) is 0 Å². The van der Waals surface area contributed by atoms with Crippen LogP contribution in [0.5, 0.6) is 5.88 Å². The lowest BCUT2D eigenvalue weighted by atomic mass is 10.0. The van der Waals surface area contributed by atoms with E-state index in [-0.39, 0.29) is 5.69 Å². The fourth-order valence-electron chi connectivity index (χ4n) is 2.84. The van der Waals surface area contributed by atoms with Crippen LogP contribution < -0.4 is 4.74 Å². The van der Waals surface area contributed by atoms with Gasteiger partial charge in [0.2, 0.25) is 5.88 Å². The van der Waals surface area contributed by atoms with E-state index in [9.17, 15) is 10.1 Å². The summed E-state index contributed by atoms with van der Waals surface area (Å²) in [5.74, 6) is 0.998. The van der Waals surface area contributed by atoms with Crippen LogP contribution in [-0.4, -0.2) is 27.0 Å². The summed E-state index contributed by atoms with van der Waals surface area (Å²) in [6, 6.07) is 15.8. The van der Waals surface area contributed by atoms with Crippen molar-refractivity contribution in [3.05, 3.63) is 77.1 Å². The minimum Gasteiger partial charge on any atom is -0.480 e. The summed E-state index contributed by atoms with van der Waals surface area (Å²) < 4.78 is 5.47. The number of hydrogen-bond donors (Lipinski definition) is 0. The molecule has 132 valence electrons. The Morgan fingerprint density at radius 3 is 2.41 bits per heavy atom. The van der Waals surface area contributed by atoms with Crippen molar-refractivity contribution in [2.75, 3.05) is 7.11 Å². The van der Waals surface area contributed by atoms with Gasteiger partial charge in [0.05, 0.1) is 22.9 Å². The number of non-ortho nitro benzene ring substituents is 1. The molecular weight excluding hydrogens is 344 g/mol. The molecule has 0 saturated heterocycles. The van der Waals surface area contributed by atoms with Crippen molar-refractivity contribution < 1.29 is 9.66 Å². The van der Waals surface area contributed by atoms with Crippen LogP contribution in [0, 0.1) is 10.1 Å². The molecule has 0 spiro atoms. The average molecular weight is 358 g/mol. The fraction of sp³-hybridized carbons (Fsp3) is 0.0500. The Hall–Kier alpha value is -3.87. The van der Waals surface area contributed by atoms with E-state index < -0.39 is 4.92 Å². The first kappa shape index (κ1) is 16.6. The van der Waals surface area contributed by atoms with Crippen molar-refractivity contribution in [3.63, 3.8) is 0 Å². The average Bonchev–Trinajstić information content (AvgIpc) is 2.73. The summed E-state index contributed by atoms with van der Waals surface area (Å²) in [5.41, 5.74) is 3.36. The van der Waals surface area contributed by atoms with Gasteiger partial charge in [-0.2, -0.15) is 4.98 Å². The zero-order valence-electron chi connectivity index (χ0n) is 14.4. The lowest BCUT2D eigenvalue weighted by Gasteiger charge is -2.09. The van der Waals surface area contributed by atoms with E-state index >= 15 is 0 Å². The molecule has 7 heteroatoms. The second kappa shape index (κ2) is 6.80. The number of nitrogens with zero attached hydrogens (tertiary/aromatic N) is 4. The number of methoxy groups -OCH3 is 1. The Balaban J connectivity index is 1.81. The van der Waals surface area contributed by atoms with Gasteiger partial charge in [0.25, 0.3) is 5.69 Å². The van der Waals surface area contributed by atoms with Crippen LogP contribution in [0.2, 0.25) is 0 Å². The molecule has 0 radical (unpaired) electrons. The number of aromatic nitrogens is 3. The maximum Gasteiger partial charge on any atom is 0.269 e. The highest BCUT2D eigenvalue weighted by Gasteiger charge is 2.12. The lowest BCUT2D eigenvalue weighted by Crippen LogP contribution is -1.96. The first-order valence-corrected chi connectivity index (χ1v) is 8.17. The molecule has 4 rings (SSSR count). The van der Waals surface area contributed by atoms with Crippen molar-refractivity contribution in [2.24, 2.45) is 0 Å². The molecular formula is C20H14N4O3. The zero-order chi connectivity index (χ0) is 18.8. The Morgan fingerprint density at radius 2 is 1.74 bits per heavy atom. The lowest BCUT2D eigenvalue weighted by molar-refractivity contribution is -0.384. The number of nitro groups is 1. The van der Waals surface area contributed by atoms with Gasteiger partial charge in [-0.25, -0.2) is 4.98 Å². The van der Waals surface area contributed by atoms with Crippen molar-refractivity contribution in [1.82, 2.24) is 15.0 Å². The molecule has 2 aromatic heterocycles. The van der Waals surface area contributed by atoms with Crippen LogP contribution in [0.15, 0.2) is 67.0 Å². The number of ether oxygens (including phenoxy) is 1. The number of fused-ring (bicyclic) bond motifs is 1. The van der Waals surface area contributed by atoms with Crippen molar-refractivity contribution in [3.8, 4) is 28.4 Å². The standard InChI is InChI=1S/C20H14N4O3/c1-27-20-17-11-14(13-4-7-16(8-5-13)24(25)26)6-9-18(17)22-19(23-20)15-3-2-10-21-12-15/h2-12H,1H3. The molecule has 0 aliphatic heterocycles. The van der Waals surface area contributed by atoms with Crippen molar-refractivity contribution in [1.29, 1.82) is 0 Å². The van der Waals surface area contributed by atoms with Gasteiger partial charge >= 0.3 is 0 Å². The number of rotatable bonds is 4. The molecule has 2 heterocycles. The summed E-state index contributed by atoms with van der Waals surface area (Å²) in [5, 5.41) is 11.6. The Bertz CT molecular complexity index is 1130. The maximum absolute atomic E-state index is 10.8. The minimum atomic E-state index is -0.416. The molecule has 0 bridgehead atoms. The van der Waals surface area contributed by atoms with Crippen LogP contribution in [0.25, 0.3) is 33.4 Å². The topological polar surface area (TPSA) is 91.0 Å². The molecule has 2 aromatic carbocycles. The summed E-state index contributed by atoms with van der Waals surface area (Å²) in [6.07, 6.45) is 3.39. The Kier molecular flexibility index (Phi) is 4.18. The molecule has 0 saturated carbocycles. The highest BCUT2D eigenvalue weighted by molar-refractivity contribution is 5.89. The zero-order valence-corrected chi connectivity index (χ0v) is 14.4. The normalized spacial score (nSPS) is 10.7. The molecule has 0 fully saturated rings. The van der Waals surface area contributed by atoms with E-state index in [1.807, 2.05) is 30.3 Å². The number of nitro benzene ring substituents is 1. The first-order chi connectivity index (χ1) is 13.2. The first-order valence-electron chi connectivity index (χ1n) is 8.17. The predicted molar refractivity (Wildman–Crippen MR) is 101 cm³/mol. The van der Waals surface area contributed by atoms with Gasteiger partial charge in [-0.3, -0.25) is 15.1 Å². The van der Waals surface area contributed by atoms with Crippen molar-refractivity contribution >= 4 is 16.6 Å². The van der Waals surface area contributed by atoms with E-state index in [0.29, 0.717) is 11.7 Å². The monoisotopic (exact) mass is 358 g/mol. The molecule has 0 unspecified atom stereocenters. The van der Waals surface area contributed by atoms with E-state index in [1.54, 1.807) is 31.6 Å². The number of pyridine rings is 1. The fourth-order valence-corrected chi connectivity index (χ4v) is 2.84. The largest absolute Gasteiger partial charge is 0.480 e. The van der Waals surface area contributed by atoms with Gasteiger partial charge in [0.1, 0.15) is 0 Å². The molecule has 0 aliphatic carbocycles. The summed E-state index contributed by atoms with van der Waals surface area (Å²) >= 11 is 0. The van der Waals surface area contributed by atoms with Crippen LogP contribution >= 0.6 is 0 Å². The third kappa shape index (κ3) is 3.18.